The highest BCUT2D eigenvalue weighted by Crippen LogP contribution is 2.39. The van der Waals surface area contributed by atoms with Gasteiger partial charge in [-0.1, -0.05) is 18.8 Å². The van der Waals surface area contributed by atoms with E-state index in [1.165, 1.54) is 37.9 Å². The van der Waals surface area contributed by atoms with Gasteiger partial charge in [-0.05, 0) is 25.0 Å². The Bertz CT molecular complexity index is 488. The summed E-state index contributed by atoms with van der Waals surface area (Å²) >= 11 is 2.00. The van der Waals surface area contributed by atoms with Crippen molar-refractivity contribution in [3.05, 3.63) is 11.5 Å². The van der Waals surface area contributed by atoms with Crippen molar-refractivity contribution in [1.82, 2.24) is 9.55 Å². The number of nitrogen functional groups attached to an aromatic ring is 1. The summed E-state index contributed by atoms with van der Waals surface area (Å²) in [5.74, 6) is 8.19. The molecule has 2 fully saturated rings. The highest BCUT2D eigenvalue weighted by atomic mass is 32.2. The number of terminal acetylenes is 1. The van der Waals surface area contributed by atoms with Crippen LogP contribution in [0.25, 0.3) is 0 Å². The van der Waals surface area contributed by atoms with Crippen molar-refractivity contribution in [2.24, 2.45) is 0 Å². The summed E-state index contributed by atoms with van der Waals surface area (Å²) in [6.07, 6.45) is 11.8. The van der Waals surface area contributed by atoms with Crippen LogP contribution in [0.3, 0.4) is 0 Å². The molecule has 1 atom stereocenters. The largest absolute Gasteiger partial charge is 0.384 e. The van der Waals surface area contributed by atoms with E-state index >= 15 is 0 Å². The lowest BCUT2D eigenvalue weighted by atomic mass is 10.1. The zero-order chi connectivity index (χ0) is 13.2. The lowest BCUT2D eigenvalue weighted by molar-refractivity contribution is 0.620. The van der Waals surface area contributed by atoms with Gasteiger partial charge in [-0.25, -0.2) is 4.98 Å². The van der Waals surface area contributed by atoms with Crippen LogP contribution in [0.1, 0.15) is 55.5 Å². The SMILES string of the molecule is C#CCn1c(C2CCCC2)nc(C2CCSC2)c1N. The maximum atomic E-state index is 6.33. The molecule has 1 aliphatic heterocycles. The van der Waals surface area contributed by atoms with Gasteiger partial charge in [-0.3, -0.25) is 0 Å². The second kappa shape index (κ2) is 5.50. The molecule has 102 valence electrons. The Morgan fingerprint density at radius 3 is 2.74 bits per heavy atom. The normalized spacial score (nSPS) is 23.8. The van der Waals surface area contributed by atoms with Gasteiger partial charge in [0.05, 0.1) is 12.2 Å². The molecule has 1 unspecified atom stereocenters. The van der Waals surface area contributed by atoms with E-state index in [-0.39, 0.29) is 0 Å². The van der Waals surface area contributed by atoms with Crippen LogP contribution in [-0.4, -0.2) is 21.1 Å². The smallest absolute Gasteiger partial charge is 0.127 e. The zero-order valence-corrected chi connectivity index (χ0v) is 12.1. The van der Waals surface area contributed by atoms with Gasteiger partial charge in [0.2, 0.25) is 0 Å². The number of rotatable bonds is 3. The van der Waals surface area contributed by atoms with Gasteiger partial charge in [-0.15, -0.1) is 6.42 Å². The average Bonchev–Trinajstić information content (AvgIpc) is 3.11. The van der Waals surface area contributed by atoms with Crippen molar-refractivity contribution >= 4 is 17.6 Å². The molecule has 3 rings (SSSR count). The number of imidazole rings is 1. The molecule has 4 heteroatoms. The van der Waals surface area contributed by atoms with E-state index in [9.17, 15) is 0 Å². The molecule has 2 N–H and O–H groups in total. The number of aromatic nitrogens is 2. The maximum Gasteiger partial charge on any atom is 0.127 e. The molecule has 1 saturated carbocycles. The fraction of sp³-hybridized carbons (Fsp3) is 0.667. The van der Waals surface area contributed by atoms with Crippen molar-refractivity contribution in [1.29, 1.82) is 0 Å². The first-order valence-corrected chi connectivity index (χ1v) is 8.33. The van der Waals surface area contributed by atoms with E-state index in [1.807, 2.05) is 11.8 Å². The fourth-order valence-corrected chi connectivity index (χ4v) is 4.53. The molecule has 19 heavy (non-hydrogen) atoms. The summed E-state index contributed by atoms with van der Waals surface area (Å²) in [7, 11) is 0. The molecular weight excluding hydrogens is 254 g/mol. The van der Waals surface area contributed by atoms with Gasteiger partial charge in [0.25, 0.3) is 0 Å². The van der Waals surface area contributed by atoms with Crippen molar-refractivity contribution < 1.29 is 0 Å². The Hall–Kier alpha value is -1.08. The molecule has 1 aliphatic carbocycles. The number of hydrogen-bond acceptors (Lipinski definition) is 3. The van der Waals surface area contributed by atoms with Gasteiger partial charge in [-0.2, -0.15) is 11.8 Å². The monoisotopic (exact) mass is 275 g/mol. The Morgan fingerprint density at radius 2 is 2.11 bits per heavy atom. The van der Waals surface area contributed by atoms with E-state index in [0.29, 0.717) is 18.4 Å². The summed E-state index contributed by atoms with van der Waals surface area (Å²) < 4.78 is 2.09. The molecule has 0 radical (unpaired) electrons. The van der Waals surface area contributed by atoms with E-state index < -0.39 is 0 Å². The van der Waals surface area contributed by atoms with E-state index in [1.54, 1.807) is 0 Å². The minimum atomic E-state index is 0.532. The summed E-state index contributed by atoms with van der Waals surface area (Å²) in [4.78, 5) is 4.92. The predicted octanol–water partition coefficient (Wildman–Crippen LogP) is 2.98. The third-order valence-corrected chi connectivity index (χ3v) is 5.51. The molecule has 2 aliphatic rings. The zero-order valence-electron chi connectivity index (χ0n) is 11.3. The van der Waals surface area contributed by atoms with E-state index in [0.717, 1.165) is 23.1 Å². The Morgan fingerprint density at radius 1 is 1.32 bits per heavy atom. The number of nitrogens with zero attached hydrogens (tertiary/aromatic N) is 2. The highest BCUT2D eigenvalue weighted by Gasteiger charge is 2.29. The Balaban J connectivity index is 1.97. The van der Waals surface area contributed by atoms with Crippen LogP contribution in [0, 0.1) is 12.3 Å². The molecule has 1 saturated heterocycles. The van der Waals surface area contributed by atoms with Gasteiger partial charge >= 0.3 is 0 Å². The number of nitrogens with two attached hydrogens (primary N) is 1. The summed E-state index contributed by atoms with van der Waals surface area (Å²) in [6, 6.07) is 0. The first kappa shape index (κ1) is 12.9. The highest BCUT2D eigenvalue weighted by molar-refractivity contribution is 7.99. The van der Waals surface area contributed by atoms with Gasteiger partial charge in [0.1, 0.15) is 11.6 Å². The van der Waals surface area contributed by atoms with Crippen LogP contribution < -0.4 is 5.73 Å². The molecular formula is C15H21N3S. The minimum absolute atomic E-state index is 0.532. The first-order chi connectivity index (χ1) is 9.31. The topological polar surface area (TPSA) is 43.8 Å². The first-order valence-electron chi connectivity index (χ1n) is 7.18. The van der Waals surface area contributed by atoms with Crippen molar-refractivity contribution in [3.63, 3.8) is 0 Å². The molecule has 0 spiro atoms. The molecule has 0 amide bonds. The van der Waals surface area contributed by atoms with Crippen molar-refractivity contribution in [2.75, 3.05) is 17.2 Å². The quantitative estimate of drug-likeness (QED) is 0.863. The van der Waals surface area contributed by atoms with Crippen molar-refractivity contribution in [2.45, 2.75) is 50.5 Å². The fourth-order valence-electron chi connectivity index (χ4n) is 3.31. The van der Waals surface area contributed by atoms with Gasteiger partial charge < -0.3 is 10.3 Å². The lowest BCUT2D eigenvalue weighted by Gasteiger charge is -2.11. The molecule has 1 aromatic rings. The second-order valence-electron chi connectivity index (χ2n) is 5.57. The van der Waals surface area contributed by atoms with Crippen LogP contribution >= 0.6 is 11.8 Å². The van der Waals surface area contributed by atoms with Crippen LogP contribution in [0.2, 0.25) is 0 Å². The van der Waals surface area contributed by atoms with Crippen LogP contribution in [-0.2, 0) is 6.54 Å². The third-order valence-electron chi connectivity index (χ3n) is 4.35. The van der Waals surface area contributed by atoms with Crippen LogP contribution in [0.5, 0.6) is 0 Å². The molecule has 0 bridgehead atoms. The summed E-state index contributed by atoms with van der Waals surface area (Å²) in [5.41, 5.74) is 7.45. The lowest BCUT2D eigenvalue weighted by Crippen LogP contribution is -2.09. The standard InChI is InChI=1S/C15H21N3S/c1-2-8-18-14(16)13(12-7-9-19-10-12)17-15(18)11-5-3-4-6-11/h1,11-12H,3-10,16H2. The molecule has 1 aromatic heterocycles. The molecule has 0 aromatic carbocycles. The Labute approximate surface area is 119 Å². The van der Waals surface area contributed by atoms with Crippen molar-refractivity contribution in [3.8, 4) is 12.3 Å². The second-order valence-corrected chi connectivity index (χ2v) is 6.72. The predicted molar refractivity (Wildman–Crippen MR) is 81.4 cm³/mol. The summed E-state index contributed by atoms with van der Waals surface area (Å²) in [6.45, 7) is 0.560. The summed E-state index contributed by atoms with van der Waals surface area (Å²) in [5, 5.41) is 0. The number of anilines is 1. The van der Waals surface area contributed by atoms with Crippen LogP contribution in [0.4, 0.5) is 5.82 Å². The number of thioether (sulfide) groups is 1. The van der Waals surface area contributed by atoms with Gasteiger partial charge in [0.15, 0.2) is 0 Å². The molecule has 2 heterocycles. The Kier molecular flexibility index (Phi) is 3.74. The average molecular weight is 275 g/mol. The third kappa shape index (κ3) is 2.36. The van der Waals surface area contributed by atoms with Crippen LogP contribution in [0.15, 0.2) is 0 Å². The molecule has 3 nitrogen and oxygen atoms in total. The van der Waals surface area contributed by atoms with E-state index in [2.05, 4.69) is 10.5 Å². The minimum Gasteiger partial charge on any atom is -0.384 e. The number of hydrogen-bond donors (Lipinski definition) is 1. The van der Waals surface area contributed by atoms with E-state index in [4.69, 9.17) is 17.1 Å². The maximum absolute atomic E-state index is 6.33. The van der Waals surface area contributed by atoms with Gasteiger partial charge in [0, 0.05) is 17.6 Å².